The van der Waals surface area contributed by atoms with Crippen LogP contribution in [-0.2, 0) is 0 Å². The van der Waals surface area contributed by atoms with Crippen molar-refractivity contribution in [1.82, 2.24) is 15.1 Å². The Balaban J connectivity index is 1.49. The van der Waals surface area contributed by atoms with E-state index in [0.717, 1.165) is 30.7 Å². The molecule has 2 bridgehead atoms. The molecule has 0 radical (unpaired) electrons. The fourth-order valence-corrected chi connectivity index (χ4v) is 4.38. The molecular formula is C16H31N3. The minimum absolute atomic E-state index is 0.796. The van der Waals surface area contributed by atoms with Crippen molar-refractivity contribution >= 4 is 0 Å². The van der Waals surface area contributed by atoms with Crippen LogP contribution in [0, 0.1) is 0 Å². The highest BCUT2D eigenvalue weighted by Crippen LogP contribution is 2.35. The van der Waals surface area contributed by atoms with E-state index in [1.165, 1.54) is 58.2 Å². The molecule has 2 atom stereocenters. The SMILES string of the molecule is CCNC1CC2CCC(C1)N2CCN(CC)C1CC1. The van der Waals surface area contributed by atoms with E-state index in [4.69, 9.17) is 0 Å². The maximum Gasteiger partial charge on any atom is 0.0115 e. The molecule has 0 aromatic rings. The summed E-state index contributed by atoms with van der Waals surface area (Å²) >= 11 is 0. The number of nitrogens with one attached hydrogen (secondary N) is 1. The van der Waals surface area contributed by atoms with Crippen LogP contribution in [0.25, 0.3) is 0 Å². The molecule has 0 aromatic carbocycles. The zero-order valence-electron chi connectivity index (χ0n) is 12.8. The highest BCUT2D eigenvalue weighted by molar-refractivity contribution is 4.98. The van der Waals surface area contributed by atoms with Gasteiger partial charge in [0.25, 0.3) is 0 Å². The molecule has 3 heteroatoms. The summed E-state index contributed by atoms with van der Waals surface area (Å²) in [6, 6.07) is 3.48. The smallest absolute Gasteiger partial charge is 0.0115 e. The fourth-order valence-electron chi connectivity index (χ4n) is 4.38. The number of likely N-dealkylation sites (N-methyl/N-ethyl adjacent to an activating group) is 1. The second kappa shape index (κ2) is 6.11. The van der Waals surface area contributed by atoms with Gasteiger partial charge in [-0.05, 0) is 51.6 Å². The second-order valence-corrected chi connectivity index (χ2v) is 6.71. The Morgan fingerprint density at radius 1 is 1.05 bits per heavy atom. The lowest BCUT2D eigenvalue weighted by Crippen LogP contribution is -2.51. The third-order valence-electron chi connectivity index (χ3n) is 5.49. The van der Waals surface area contributed by atoms with E-state index in [1.807, 2.05) is 0 Å². The molecule has 3 rings (SSSR count). The minimum Gasteiger partial charge on any atom is -0.314 e. The molecule has 1 saturated carbocycles. The average Bonchev–Trinajstić information content (AvgIpc) is 3.20. The van der Waals surface area contributed by atoms with Gasteiger partial charge < -0.3 is 5.32 Å². The van der Waals surface area contributed by atoms with Crippen molar-refractivity contribution in [3.63, 3.8) is 0 Å². The number of nitrogens with zero attached hydrogens (tertiary/aromatic N) is 2. The summed E-state index contributed by atoms with van der Waals surface area (Å²) in [5, 5.41) is 3.67. The van der Waals surface area contributed by atoms with Crippen LogP contribution in [0.5, 0.6) is 0 Å². The zero-order valence-corrected chi connectivity index (χ0v) is 12.8. The van der Waals surface area contributed by atoms with Gasteiger partial charge in [0, 0.05) is 37.3 Å². The number of fused-ring (bicyclic) bond motifs is 2. The number of hydrogen-bond donors (Lipinski definition) is 1. The molecule has 19 heavy (non-hydrogen) atoms. The van der Waals surface area contributed by atoms with E-state index in [1.54, 1.807) is 0 Å². The van der Waals surface area contributed by atoms with Crippen LogP contribution in [0.1, 0.15) is 52.4 Å². The van der Waals surface area contributed by atoms with Gasteiger partial charge in [-0.2, -0.15) is 0 Å². The molecule has 2 aliphatic heterocycles. The molecule has 2 unspecified atom stereocenters. The first-order chi connectivity index (χ1) is 9.31. The topological polar surface area (TPSA) is 18.5 Å². The normalized spacial score (nSPS) is 35.2. The summed E-state index contributed by atoms with van der Waals surface area (Å²) in [7, 11) is 0. The first kappa shape index (κ1) is 13.8. The molecule has 3 aliphatic rings. The first-order valence-electron chi connectivity index (χ1n) is 8.55. The Bertz CT molecular complexity index is 276. The molecule has 3 nitrogen and oxygen atoms in total. The molecular weight excluding hydrogens is 234 g/mol. The largest absolute Gasteiger partial charge is 0.314 e. The van der Waals surface area contributed by atoms with Crippen molar-refractivity contribution in [2.45, 2.75) is 76.5 Å². The highest BCUT2D eigenvalue weighted by Gasteiger charge is 2.40. The van der Waals surface area contributed by atoms with Crippen molar-refractivity contribution in [2.24, 2.45) is 0 Å². The van der Waals surface area contributed by atoms with Gasteiger partial charge in [-0.25, -0.2) is 0 Å². The van der Waals surface area contributed by atoms with Crippen molar-refractivity contribution in [3.8, 4) is 0 Å². The summed E-state index contributed by atoms with van der Waals surface area (Å²) in [5.74, 6) is 0. The fraction of sp³-hybridized carbons (Fsp3) is 1.00. The molecule has 1 N–H and O–H groups in total. The van der Waals surface area contributed by atoms with Gasteiger partial charge in [0.05, 0.1) is 0 Å². The Hall–Kier alpha value is -0.120. The van der Waals surface area contributed by atoms with Gasteiger partial charge in [0.15, 0.2) is 0 Å². The minimum atomic E-state index is 0.796. The summed E-state index contributed by atoms with van der Waals surface area (Å²) in [6.45, 7) is 9.56. The van der Waals surface area contributed by atoms with Gasteiger partial charge in [0.1, 0.15) is 0 Å². The van der Waals surface area contributed by atoms with E-state index >= 15 is 0 Å². The van der Waals surface area contributed by atoms with Crippen molar-refractivity contribution in [3.05, 3.63) is 0 Å². The Morgan fingerprint density at radius 2 is 1.74 bits per heavy atom. The standard InChI is InChI=1S/C16H31N3/c1-3-17-13-11-15-7-8-16(12-13)19(15)10-9-18(4-2)14-5-6-14/h13-17H,3-12H2,1-2H3. The maximum absolute atomic E-state index is 3.67. The number of hydrogen-bond acceptors (Lipinski definition) is 3. The lowest BCUT2D eigenvalue weighted by atomic mass is 9.97. The van der Waals surface area contributed by atoms with E-state index in [9.17, 15) is 0 Å². The predicted octanol–water partition coefficient (Wildman–Crippen LogP) is 2.08. The summed E-state index contributed by atoms with van der Waals surface area (Å²) in [6.07, 6.45) is 8.57. The molecule has 0 spiro atoms. The molecule has 2 heterocycles. The van der Waals surface area contributed by atoms with Crippen LogP contribution in [0.3, 0.4) is 0 Å². The number of piperidine rings is 1. The monoisotopic (exact) mass is 265 g/mol. The predicted molar refractivity (Wildman–Crippen MR) is 80.5 cm³/mol. The van der Waals surface area contributed by atoms with Gasteiger partial charge in [-0.15, -0.1) is 0 Å². The zero-order chi connectivity index (χ0) is 13.2. The summed E-state index contributed by atoms with van der Waals surface area (Å²) in [5.41, 5.74) is 0. The molecule has 3 fully saturated rings. The van der Waals surface area contributed by atoms with Crippen molar-refractivity contribution < 1.29 is 0 Å². The summed E-state index contributed by atoms with van der Waals surface area (Å²) in [4.78, 5) is 5.55. The molecule has 2 saturated heterocycles. The van der Waals surface area contributed by atoms with E-state index in [0.29, 0.717) is 0 Å². The Morgan fingerprint density at radius 3 is 2.26 bits per heavy atom. The van der Waals surface area contributed by atoms with Crippen LogP contribution in [0.15, 0.2) is 0 Å². The lowest BCUT2D eigenvalue weighted by molar-refractivity contribution is 0.100. The third-order valence-corrected chi connectivity index (χ3v) is 5.49. The first-order valence-corrected chi connectivity index (χ1v) is 8.55. The van der Waals surface area contributed by atoms with Crippen LogP contribution >= 0.6 is 0 Å². The van der Waals surface area contributed by atoms with Crippen molar-refractivity contribution in [1.29, 1.82) is 0 Å². The quantitative estimate of drug-likeness (QED) is 0.760. The Kier molecular flexibility index (Phi) is 4.45. The van der Waals surface area contributed by atoms with Crippen LogP contribution in [-0.4, -0.2) is 60.1 Å². The Labute approximate surface area is 118 Å². The lowest BCUT2D eigenvalue weighted by Gasteiger charge is -2.40. The van der Waals surface area contributed by atoms with Crippen LogP contribution in [0.2, 0.25) is 0 Å². The molecule has 110 valence electrons. The van der Waals surface area contributed by atoms with Crippen LogP contribution in [0.4, 0.5) is 0 Å². The molecule has 0 aromatic heterocycles. The maximum atomic E-state index is 3.67. The van der Waals surface area contributed by atoms with Crippen LogP contribution < -0.4 is 5.32 Å². The van der Waals surface area contributed by atoms with Gasteiger partial charge in [-0.3, -0.25) is 9.80 Å². The highest BCUT2D eigenvalue weighted by atomic mass is 15.3. The number of rotatable bonds is 7. The summed E-state index contributed by atoms with van der Waals surface area (Å²) < 4.78 is 0. The van der Waals surface area contributed by atoms with E-state index < -0.39 is 0 Å². The average molecular weight is 265 g/mol. The van der Waals surface area contributed by atoms with Gasteiger partial charge >= 0.3 is 0 Å². The van der Waals surface area contributed by atoms with E-state index in [2.05, 4.69) is 29.0 Å². The van der Waals surface area contributed by atoms with Crippen molar-refractivity contribution in [2.75, 3.05) is 26.2 Å². The molecule has 0 amide bonds. The van der Waals surface area contributed by atoms with Gasteiger partial charge in [0.2, 0.25) is 0 Å². The van der Waals surface area contributed by atoms with Gasteiger partial charge in [-0.1, -0.05) is 13.8 Å². The van der Waals surface area contributed by atoms with E-state index in [-0.39, 0.29) is 0 Å². The molecule has 1 aliphatic carbocycles. The second-order valence-electron chi connectivity index (χ2n) is 6.71. The third kappa shape index (κ3) is 3.14.